The van der Waals surface area contributed by atoms with E-state index in [1.54, 1.807) is 42.6 Å². The summed E-state index contributed by atoms with van der Waals surface area (Å²) in [5.74, 6) is 0.477. The fraction of sp³-hybridized carbons (Fsp3) is 0.286. The van der Waals surface area contributed by atoms with Gasteiger partial charge in [-0.05, 0) is 55.3 Å². The number of benzene rings is 2. The molecule has 7 nitrogen and oxygen atoms in total. The first-order valence-corrected chi connectivity index (χ1v) is 12.6. The minimum atomic E-state index is -0.579. The largest absolute Gasteiger partial charge is 0.493 e. The molecule has 2 aromatic carbocycles. The third-order valence-corrected chi connectivity index (χ3v) is 6.68. The quantitative estimate of drug-likeness (QED) is 0.317. The van der Waals surface area contributed by atoms with E-state index >= 15 is 0 Å². The maximum atomic E-state index is 14.1. The maximum absolute atomic E-state index is 14.1. The lowest BCUT2D eigenvalue weighted by molar-refractivity contribution is -0.132. The second-order valence-corrected chi connectivity index (χ2v) is 9.72. The summed E-state index contributed by atoms with van der Waals surface area (Å²) in [5, 5.41) is 2.54. The van der Waals surface area contributed by atoms with Crippen molar-refractivity contribution in [3.05, 3.63) is 88.4 Å². The van der Waals surface area contributed by atoms with Crippen LogP contribution in [0.4, 0.5) is 14.9 Å². The molecule has 0 aliphatic rings. The zero-order chi connectivity index (χ0) is 26.8. The SMILES string of the molecule is C=CCN(CC(=O)N(CCc1ccc(OC)c(OC)c1)Cc1ccc(C)s1)C(=O)Nc1ccccc1F. The number of amides is 3. The van der Waals surface area contributed by atoms with Gasteiger partial charge in [-0.2, -0.15) is 0 Å². The Morgan fingerprint density at radius 3 is 2.46 bits per heavy atom. The third-order valence-electron chi connectivity index (χ3n) is 5.69. The van der Waals surface area contributed by atoms with E-state index in [4.69, 9.17) is 9.47 Å². The molecule has 1 aromatic heterocycles. The average Bonchev–Trinajstić information content (AvgIpc) is 3.31. The van der Waals surface area contributed by atoms with Crippen LogP contribution in [0.2, 0.25) is 0 Å². The van der Waals surface area contributed by atoms with E-state index in [0.29, 0.717) is 31.0 Å². The molecular weight excluding hydrogens is 493 g/mol. The summed E-state index contributed by atoms with van der Waals surface area (Å²) in [4.78, 5) is 31.6. The second-order valence-electron chi connectivity index (χ2n) is 8.35. The number of carbonyl (C=O) groups excluding carboxylic acids is 2. The fourth-order valence-corrected chi connectivity index (χ4v) is 4.65. The Morgan fingerprint density at radius 2 is 1.81 bits per heavy atom. The lowest BCUT2D eigenvalue weighted by Gasteiger charge is -2.27. The molecule has 3 amide bonds. The van der Waals surface area contributed by atoms with Crippen molar-refractivity contribution in [3.8, 4) is 11.5 Å². The Hall–Kier alpha value is -3.85. The predicted molar refractivity (Wildman–Crippen MR) is 145 cm³/mol. The fourth-order valence-electron chi connectivity index (χ4n) is 3.75. The molecule has 0 unspecified atom stereocenters. The van der Waals surface area contributed by atoms with Crippen LogP contribution in [-0.4, -0.2) is 55.6 Å². The van der Waals surface area contributed by atoms with Crippen molar-refractivity contribution in [2.24, 2.45) is 0 Å². The van der Waals surface area contributed by atoms with Crippen molar-refractivity contribution >= 4 is 29.0 Å². The second kappa shape index (κ2) is 13.5. The molecule has 0 bridgehead atoms. The van der Waals surface area contributed by atoms with Crippen molar-refractivity contribution in [1.82, 2.24) is 9.80 Å². The minimum absolute atomic E-state index is 0.0494. The standard InChI is InChI=1S/C28H32FN3O4S/c1-5-15-32(28(34)30-24-9-7-6-8-23(24)29)19-27(33)31(18-22-12-10-20(2)37-22)16-14-21-11-13-25(35-3)26(17-21)36-4/h5-13,17H,1,14-16,18-19H2,2-4H3,(H,30,34). The highest BCUT2D eigenvalue weighted by atomic mass is 32.1. The highest BCUT2D eigenvalue weighted by molar-refractivity contribution is 7.11. The number of nitrogens with zero attached hydrogens (tertiary/aromatic N) is 2. The zero-order valence-corrected chi connectivity index (χ0v) is 22.1. The highest BCUT2D eigenvalue weighted by Crippen LogP contribution is 2.28. The van der Waals surface area contributed by atoms with Crippen LogP contribution >= 0.6 is 11.3 Å². The van der Waals surface area contributed by atoms with Crippen LogP contribution in [-0.2, 0) is 17.8 Å². The zero-order valence-electron chi connectivity index (χ0n) is 21.3. The van der Waals surface area contributed by atoms with Gasteiger partial charge in [-0.1, -0.05) is 24.3 Å². The monoisotopic (exact) mass is 525 g/mol. The predicted octanol–water partition coefficient (Wildman–Crippen LogP) is 5.50. The first-order valence-electron chi connectivity index (χ1n) is 11.8. The number of ether oxygens (including phenoxy) is 2. The molecule has 1 N–H and O–H groups in total. The van der Waals surface area contributed by atoms with Crippen LogP contribution in [0.15, 0.2) is 67.3 Å². The first kappa shape index (κ1) is 27.7. The smallest absolute Gasteiger partial charge is 0.322 e. The number of urea groups is 1. The number of aryl methyl sites for hydroxylation is 1. The summed E-state index contributed by atoms with van der Waals surface area (Å²) in [6, 6.07) is 15.0. The molecule has 3 rings (SSSR count). The minimum Gasteiger partial charge on any atom is -0.493 e. The lowest BCUT2D eigenvalue weighted by atomic mass is 10.1. The summed E-state index contributed by atoms with van der Waals surface area (Å²) in [6.45, 7) is 6.52. The normalized spacial score (nSPS) is 10.5. The molecule has 37 heavy (non-hydrogen) atoms. The lowest BCUT2D eigenvalue weighted by Crippen LogP contribution is -2.45. The van der Waals surface area contributed by atoms with Gasteiger partial charge in [-0.25, -0.2) is 9.18 Å². The van der Waals surface area contributed by atoms with Gasteiger partial charge in [0.25, 0.3) is 0 Å². The summed E-state index contributed by atoms with van der Waals surface area (Å²) in [6.07, 6.45) is 2.12. The Balaban J connectivity index is 1.75. The average molecular weight is 526 g/mol. The van der Waals surface area contributed by atoms with Crippen LogP contribution in [0, 0.1) is 12.7 Å². The number of halogens is 1. The van der Waals surface area contributed by atoms with E-state index in [-0.39, 0.29) is 24.7 Å². The first-order chi connectivity index (χ1) is 17.8. The number of hydrogen-bond acceptors (Lipinski definition) is 5. The molecule has 9 heteroatoms. The Morgan fingerprint density at radius 1 is 1.05 bits per heavy atom. The Bertz CT molecular complexity index is 1230. The van der Waals surface area contributed by atoms with E-state index < -0.39 is 11.8 Å². The van der Waals surface area contributed by atoms with Crippen LogP contribution in [0.1, 0.15) is 15.3 Å². The molecule has 0 aliphatic carbocycles. The number of rotatable bonds is 12. The van der Waals surface area contributed by atoms with Gasteiger partial charge in [-0.3, -0.25) is 4.79 Å². The highest BCUT2D eigenvalue weighted by Gasteiger charge is 2.22. The maximum Gasteiger partial charge on any atom is 0.322 e. The molecule has 0 spiro atoms. The topological polar surface area (TPSA) is 71.1 Å². The molecule has 196 valence electrons. The molecule has 3 aromatic rings. The van der Waals surface area contributed by atoms with E-state index in [1.165, 1.54) is 23.1 Å². The number of methoxy groups -OCH3 is 2. The van der Waals surface area contributed by atoms with Gasteiger partial charge < -0.3 is 24.6 Å². The molecule has 0 saturated carbocycles. The molecular formula is C28H32FN3O4S. The van der Waals surface area contributed by atoms with E-state index in [9.17, 15) is 14.0 Å². The van der Waals surface area contributed by atoms with Crippen LogP contribution in [0.3, 0.4) is 0 Å². The van der Waals surface area contributed by atoms with Crippen LogP contribution in [0.5, 0.6) is 11.5 Å². The van der Waals surface area contributed by atoms with Gasteiger partial charge in [0.15, 0.2) is 11.5 Å². The number of nitrogens with one attached hydrogen (secondary N) is 1. The van der Waals surface area contributed by atoms with Crippen molar-refractivity contribution < 1.29 is 23.5 Å². The molecule has 1 heterocycles. The van der Waals surface area contributed by atoms with Gasteiger partial charge in [-0.15, -0.1) is 17.9 Å². The number of thiophene rings is 1. The summed E-state index contributed by atoms with van der Waals surface area (Å²) in [7, 11) is 3.16. The van der Waals surface area contributed by atoms with Crippen LogP contribution < -0.4 is 14.8 Å². The van der Waals surface area contributed by atoms with E-state index in [1.807, 2.05) is 37.3 Å². The van der Waals surface area contributed by atoms with E-state index in [0.717, 1.165) is 15.3 Å². The van der Waals surface area contributed by atoms with E-state index in [2.05, 4.69) is 11.9 Å². The van der Waals surface area contributed by atoms with Crippen molar-refractivity contribution in [2.75, 3.05) is 39.2 Å². The molecule has 0 atom stereocenters. The summed E-state index contributed by atoms with van der Waals surface area (Å²) in [5.41, 5.74) is 1.03. The van der Waals surface area contributed by atoms with Crippen LogP contribution in [0.25, 0.3) is 0 Å². The van der Waals surface area contributed by atoms with Crippen molar-refractivity contribution in [2.45, 2.75) is 19.9 Å². The summed E-state index contributed by atoms with van der Waals surface area (Å²) >= 11 is 1.62. The number of hydrogen-bond donors (Lipinski definition) is 1. The number of para-hydroxylation sites is 1. The van der Waals surface area contributed by atoms with Gasteiger partial charge in [0.1, 0.15) is 12.4 Å². The molecule has 0 saturated heterocycles. The van der Waals surface area contributed by atoms with Crippen molar-refractivity contribution in [3.63, 3.8) is 0 Å². The van der Waals surface area contributed by atoms with Gasteiger partial charge in [0.05, 0.1) is 26.5 Å². The number of anilines is 1. The molecule has 0 fully saturated rings. The van der Waals surface area contributed by atoms with Gasteiger partial charge in [0, 0.05) is 22.8 Å². The molecule has 0 radical (unpaired) electrons. The Kier molecular flexibility index (Phi) is 10.1. The van der Waals surface area contributed by atoms with Gasteiger partial charge in [0.2, 0.25) is 5.91 Å². The third kappa shape index (κ3) is 7.82. The van der Waals surface area contributed by atoms with Gasteiger partial charge >= 0.3 is 6.03 Å². The summed E-state index contributed by atoms with van der Waals surface area (Å²) < 4.78 is 24.8. The Labute approximate surface area is 221 Å². The molecule has 0 aliphatic heterocycles. The van der Waals surface area contributed by atoms with Crippen molar-refractivity contribution in [1.29, 1.82) is 0 Å². The number of carbonyl (C=O) groups is 2.